The Morgan fingerprint density at radius 2 is 1.69 bits per heavy atom. The summed E-state index contributed by atoms with van der Waals surface area (Å²) in [6, 6.07) is 19.7. The maximum Gasteiger partial charge on any atom is 0.416 e. The van der Waals surface area contributed by atoms with Crippen LogP contribution in [0.15, 0.2) is 93.3 Å². The molecular weight excluding hydrogens is 573 g/mol. The molecule has 2 N–H and O–H groups in total. The van der Waals surface area contributed by atoms with Crippen molar-refractivity contribution in [2.24, 2.45) is 15.2 Å². The Bertz CT molecular complexity index is 1500. The molecule has 7 nitrogen and oxygen atoms in total. The van der Waals surface area contributed by atoms with Crippen LogP contribution in [-0.2, 0) is 21.0 Å². The first-order chi connectivity index (χ1) is 18.4. The smallest absolute Gasteiger partial charge is 0.369 e. The summed E-state index contributed by atoms with van der Waals surface area (Å²) in [7, 11) is -4.45. The Labute approximate surface area is 232 Å². The lowest BCUT2D eigenvalue weighted by molar-refractivity contribution is -0.137. The van der Waals surface area contributed by atoms with E-state index in [1.54, 1.807) is 24.3 Å². The summed E-state index contributed by atoms with van der Waals surface area (Å²) in [6.45, 7) is 0.254. The van der Waals surface area contributed by atoms with Crippen LogP contribution in [0, 0.1) is 0 Å². The lowest BCUT2D eigenvalue weighted by Crippen LogP contribution is -2.35. The third-order valence-electron chi connectivity index (χ3n) is 5.77. The van der Waals surface area contributed by atoms with Gasteiger partial charge in [-0.2, -0.15) is 26.7 Å². The van der Waals surface area contributed by atoms with Crippen molar-refractivity contribution < 1.29 is 26.4 Å². The van der Waals surface area contributed by atoms with Gasteiger partial charge in [-0.05, 0) is 53.9 Å². The van der Waals surface area contributed by atoms with E-state index in [4.69, 9.17) is 22.4 Å². The van der Waals surface area contributed by atoms with Crippen molar-refractivity contribution in [1.29, 1.82) is 0 Å². The minimum Gasteiger partial charge on any atom is -0.369 e. The number of carbonyl (C=O) groups is 1. The second-order valence-corrected chi connectivity index (χ2v) is 11.5. The molecule has 1 heterocycles. The Balaban J connectivity index is 1.76. The van der Waals surface area contributed by atoms with Gasteiger partial charge in [0.1, 0.15) is 0 Å². The standard InChI is InChI=1S/C26H22ClF3N4O3S2/c27-20-10-6-18(7-11-20)24-22(17-4-2-1-3-5-17)14-15-34(32-24)25(38-16-23(31)35)33-39(36,37)21-12-8-19(9-13-21)26(28,29)30/h1-13,22H,14-16H2,(H2,31,35)/b33-25-. The molecule has 0 bridgehead atoms. The third-order valence-corrected chi connectivity index (χ3v) is 8.41. The molecule has 1 aliphatic rings. The van der Waals surface area contributed by atoms with Gasteiger partial charge in [0.25, 0.3) is 10.0 Å². The molecule has 0 aliphatic carbocycles. The summed E-state index contributed by atoms with van der Waals surface area (Å²) < 4.78 is 68.9. The van der Waals surface area contributed by atoms with E-state index in [-0.39, 0.29) is 23.4 Å². The zero-order valence-electron chi connectivity index (χ0n) is 20.2. The van der Waals surface area contributed by atoms with Crippen LogP contribution >= 0.6 is 23.4 Å². The highest BCUT2D eigenvalue weighted by atomic mass is 35.5. The molecule has 0 saturated heterocycles. The van der Waals surface area contributed by atoms with E-state index in [9.17, 15) is 26.4 Å². The van der Waals surface area contributed by atoms with Crippen molar-refractivity contribution in [2.75, 3.05) is 12.3 Å². The number of hydrazone groups is 1. The number of primary amides is 1. The van der Waals surface area contributed by atoms with Gasteiger partial charge in [-0.25, -0.2) is 5.01 Å². The van der Waals surface area contributed by atoms with Crippen LogP contribution in [0.25, 0.3) is 0 Å². The number of hydrogen-bond acceptors (Lipinski definition) is 5. The second-order valence-electron chi connectivity index (χ2n) is 8.49. The molecule has 0 spiro atoms. The van der Waals surface area contributed by atoms with Crippen LogP contribution in [-0.4, -0.2) is 42.5 Å². The number of amides is 1. The fourth-order valence-electron chi connectivity index (χ4n) is 3.92. The highest BCUT2D eigenvalue weighted by Gasteiger charge is 2.32. The van der Waals surface area contributed by atoms with Crippen LogP contribution in [0.3, 0.4) is 0 Å². The lowest BCUT2D eigenvalue weighted by atomic mass is 9.86. The zero-order chi connectivity index (χ0) is 28.2. The monoisotopic (exact) mass is 594 g/mol. The number of rotatable bonds is 6. The van der Waals surface area contributed by atoms with Gasteiger partial charge in [-0.3, -0.25) is 4.79 Å². The van der Waals surface area contributed by atoms with Crippen molar-refractivity contribution in [3.63, 3.8) is 0 Å². The van der Waals surface area contributed by atoms with E-state index in [1.807, 2.05) is 30.3 Å². The normalized spacial score (nSPS) is 16.6. The number of carbonyl (C=O) groups excluding carboxylic acids is 1. The predicted octanol–water partition coefficient (Wildman–Crippen LogP) is 5.52. The number of amidine groups is 1. The molecule has 0 aromatic heterocycles. The SMILES string of the molecule is NC(=O)CS/C(=N\S(=O)(=O)c1ccc(C(F)(F)F)cc1)N1CCC(c2ccccc2)C(c2ccc(Cl)cc2)=N1. The fourth-order valence-corrected chi connectivity index (χ4v) is 5.99. The molecule has 0 radical (unpaired) electrons. The molecule has 3 aromatic carbocycles. The number of nitrogens with two attached hydrogens (primary N) is 1. The highest BCUT2D eigenvalue weighted by molar-refractivity contribution is 8.14. The maximum absolute atomic E-state index is 13.1. The maximum atomic E-state index is 13.1. The number of hydrogen-bond donors (Lipinski definition) is 1. The molecule has 1 unspecified atom stereocenters. The van der Waals surface area contributed by atoms with Crippen molar-refractivity contribution in [3.8, 4) is 0 Å². The van der Waals surface area contributed by atoms with Gasteiger partial charge >= 0.3 is 6.18 Å². The van der Waals surface area contributed by atoms with Crippen molar-refractivity contribution in [1.82, 2.24) is 5.01 Å². The molecule has 1 aliphatic heterocycles. The number of alkyl halides is 3. The minimum absolute atomic E-state index is 0.127. The quantitative estimate of drug-likeness (QED) is 0.299. The molecule has 204 valence electrons. The summed E-state index contributed by atoms with van der Waals surface area (Å²) >= 11 is 6.85. The van der Waals surface area contributed by atoms with Crippen LogP contribution < -0.4 is 5.73 Å². The summed E-state index contributed by atoms with van der Waals surface area (Å²) in [6.07, 6.45) is -4.09. The molecule has 1 amide bonds. The van der Waals surface area contributed by atoms with Gasteiger partial charge < -0.3 is 5.73 Å². The molecule has 3 aromatic rings. The van der Waals surface area contributed by atoms with E-state index >= 15 is 0 Å². The predicted molar refractivity (Wildman–Crippen MR) is 146 cm³/mol. The van der Waals surface area contributed by atoms with Crippen molar-refractivity contribution in [2.45, 2.75) is 23.4 Å². The Morgan fingerprint density at radius 1 is 1.05 bits per heavy atom. The van der Waals surface area contributed by atoms with Crippen LogP contribution in [0.4, 0.5) is 13.2 Å². The Morgan fingerprint density at radius 3 is 2.28 bits per heavy atom. The largest absolute Gasteiger partial charge is 0.416 e. The Kier molecular flexibility index (Phi) is 8.67. The summed E-state index contributed by atoms with van der Waals surface area (Å²) in [5.74, 6) is -1.12. The summed E-state index contributed by atoms with van der Waals surface area (Å²) in [4.78, 5) is 11.1. The number of sulfonamides is 1. The summed E-state index contributed by atoms with van der Waals surface area (Å²) in [5.41, 5.74) is 6.69. The van der Waals surface area contributed by atoms with E-state index < -0.39 is 32.6 Å². The first kappa shape index (κ1) is 28.7. The minimum atomic E-state index is -4.62. The fraction of sp³-hybridized carbons (Fsp3) is 0.192. The number of nitrogens with zero attached hydrogens (tertiary/aromatic N) is 3. The van der Waals surface area contributed by atoms with E-state index in [1.165, 1.54) is 5.01 Å². The second kappa shape index (κ2) is 11.8. The van der Waals surface area contributed by atoms with E-state index in [0.717, 1.165) is 35.0 Å². The van der Waals surface area contributed by atoms with Crippen molar-refractivity contribution in [3.05, 3.63) is 101 Å². The average Bonchev–Trinajstić information content (AvgIpc) is 2.91. The molecule has 0 fully saturated rings. The first-order valence-corrected chi connectivity index (χ1v) is 14.3. The highest BCUT2D eigenvalue weighted by Crippen LogP contribution is 2.33. The third kappa shape index (κ3) is 7.20. The number of thioether (sulfide) groups is 1. The zero-order valence-corrected chi connectivity index (χ0v) is 22.6. The van der Waals surface area contributed by atoms with Gasteiger partial charge in [-0.1, -0.05) is 65.8 Å². The van der Waals surface area contributed by atoms with Gasteiger partial charge in [0, 0.05) is 17.5 Å². The first-order valence-electron chi connectivity index (χ1n) is 11.5. The van der Waals surface area contributed by atoms with Crippen molar-refractivity contribution >= 4 is 50.2 Å². The average molecular weight is 595 g/mol. The molecule has 0 saturated carbocycles. The molecule has 4 rings (SSSR count). The number of halogens is 4. The molecule has 13 heteroatoms. The van der Waals surface area contributed by atoms with Gasteiger partial charge in [0.05, 0.1) is 21.9 Å². The topological polar surface area (TPSA) is 105 Å². The Hall–Kier alpha value is -3.35. The molecule has 1 atom stereocenters. The lowest BCUT2D eigenvalue weighted by Gasteiger charge is -2.31. The van der Waals surface area contributed by atoms with Gasteiger partial charge in [0.15, 0.2) is 5.17 Å². The van der Waals surface area contributed by atoms with Crippen LogP contribution in [0.5, 0.6) is 0 Å². The summed E-state index contributed by atoms with van der Waals surface area (Å²) in [5, 5.41) is 6.51. The number of benzene rings is 3. The molecular formula is C26H22ClF3N4O3S2. The van der Waals surface area contributed by atoms with Gasteiger partial charge in [0.2, 0.25) is 5.91 Å². The van der Waals surface area contributed by atoms with Crippen LogP contribution in [0.1, 0.15) is 29.0 Å². The van der Waals surface area contributed by atoms with Gasteiger partial charge in [-0.15, -0.1) is 4.40 Å². The van der Waals surface area contributed by atoms with E-state index in [2.05, 4.69) is 4.40 Å². The molecule has 39 heavy (non-hydrogen) atoms. The van der Waals surface area contributed by atoms with Crippen LogP contribution in [0.2, 0.25) is 5.02 Å². The van der Waals surface area contributed by atoms with E-state index in [0.29, 0.717) is 29.3 Å².